The topological polar surface area (TPSA) is 64.4 Å². The second kappa shape index (κ2) is 6.88. The Morgan fingerprint density at radius 1 is 1.20 bits per heavy atom. The predicted molar refractivity (Wildman–Crippen MR) is 80.7 cm³/mol. The standard InChI is InChI=1S/C14H27N3O2S/c1-5-13(12-15)16-7-9-17(10-8-16)20(18,19)11-6-14(2,3)4/h13H,5-11H2,1-4H3. The van der Waals surface area contributed by atoms with E-state index in [-0.39, 0.29) is 17.2 Å². The average Bonchev–Trinajstić information content (AvgIpc) is 2.38. The Labute approximate surface area is 123 Å². The van der Waals surface area contributed by atoms with Crippen LogP contribution in [0.5, 0.6) is 0 Å². The average molecular weight is 301 g/mol. The molecular weight excluding hydrogens is 274 g/mol. The molecule has 1 saturated heterocycles. The van der Waals surface area contributed by atoms with E-state index in [1.54, 1.807) is 4.31 Å². The Kier molecular flexibility index (Phi) is 5.99. The van der Waals surface area contributed by atoms with E-state index < -0.39 is 10.0 Å². The zero-order valence-corrected chi connectivity index (χ0v) is 13.9. The molecule has 0 N–H and O–H groups in total. The molecule has 1 atom stereocenters. The number of hydrogen-bond donors (Lipinski definition) is 0. The lowest BCUT2D eigenvalue weighted by atomic mass is 9.94. The smallest absolute Gasteiger partial charge is 0.214 e. The molecule has 0 spiro atoms. The van der Waals surface area contributed by atoms with Gasteiger partial charge < -0.3 is 0 Å². The van der Waals surface area contributed by atoms with E-state index in [4.69, 9.17) is 5.26 Å². The monoisotopic (exact) mass is 301 g/mol. The summed E-state index contributed by atoms with van der Waals surface area (Å²) in [6.07, 6.45) is 1.46. The minimum absolute atomic E-state index is 0.0308. The third kappa shape index (κ3) is 5.04. The number of rotatable bonds is 5. The van der Waals surface area contributed by atoms with Gasteiger partial charge in [0.15, 0.2) is 0 Å². The van der Waals surface area contributed by atoms with Crippen molar-refractivity contribution < 1.29 is 8.42 Å². The molecule has 0 aromatic heterocycles. The lowest BCUT2D eigenvalue weighted by molar-refractivity contribution is 0.159. The molecule has 0 amide bonds. The number of nitriles is 1. The number of hydrogen-bond acceptors (Lipinski definition) is 4. The Bertz CT molecular complexity index is 440. The molecule has 1 aliphatic heterocycles. The SMILES string of the molecule is CCC(C#N)N1CCN(S(=O)(=O)CCC(C)(C)C)CC1. The Hall–Kier alpha value is -0.640. The van der Waals surface area contributed by atoms with E-state index in [2.05, 4.69) is 31.7 Å². The molecule has 0 aromatic carbocycles. The molecule has 5 nitrogen and oxygen atoms in total. The van der Waals surface area contributed by atoms with Crippen LogP contribution in [0.15, 0.2) is 0 Å². The maximum Gasteiger partial charge on any atom is 0.214 e. The van der Waals surface area contributed by atoms with E-state index >= 15 is 0 Å². The van der Waals surface area contributed by atoms with Crippen LogP contribution in [0.3, 0.4) is 0 Å². The third-order valence-corrected chi connectivity index (χ3v) is 5.63. The van der Waals surface area contributed by atoms with Crippen molar-refractivity contribution in [2.24, 2.45) is 5.41 Å². The van der Waals surface area contributed by atoms with Crippen LogP contribution in [0.4, 0.5) is 0 Å². The van der Waals surface area contributed by atoms with Crippen LogP contribution in [0.2, 0.25) is 0 Å². The minimum atomic E-state index is -3.16. The molecule has 6 heteroatoms. The fourth-order valence-corrected chi connectivity index (χ4v) is 4.14. The summed E-state index contributed by atoms with van der Waals surface area (Å²) < 4.78 is 26.2. The summed E-state index contributed by atoms with van der Waals surface area (Å²) >= 11 is 0. The Morgan fingerprint density at radius 2 is 1.75 bits per heavy atom. The molecule has 1 heterocycles. The third-order valence-electron chi connectivity index (χ3n) is 3.75. The molecule has 1 fully saturated rings. The summed E-state index contributed by atoms with van der Waals surface area (Å²) in [7, 11) is -3.16. The summed E-state index contributed by atoms with van der Waals surface area (Å²) in [5, 5.41) is 9.05. The van der Waals surface area contributed by atoms with Crippen LogP contribution in [-0.4, -0.2) is 55.6 Å². The van der Waals surface area contributed by atoms with Gasteiger partial charge in [0.05, 0.1) is 17.9 Å². The van der Waals surface area contributed by atoms with E-state index in [1.807, 2.05) is 6.92 Å². The van der Waals surface area contributed by atoms with Gasteiger partial charge in [-0.1, -0.05) is 27.7 Å². The van der Waals surface area contributed by atoms with Gasteiger partial charge in [-0.2, -0.15) is 9.57 Å². The van der Waals surface area contributed by atoms with Gasteiger partial charge in [0, 0.05) is 26.2 Å². The fraction of sp³-hybridized carbons (Fsp3) is 0.929. The summed E-state index contributed by atoms with van der Waals surface area (Å²) in [6.45, 7) is 10.5. The normalized spacial score (nSPS) is 20.6. The molecule has 20 heavy (non-hydrogen) atoms. The van der Waals surface area contributed by atoms with Crippen LogP contribution in [-0.2, 0) is 10.0 Å². The van der Waals surface area contributed by atoms with E-state index in [0.29, 0.717) is 32.6 Å². The van der Waals surface area contributed by atoms with E-state index in [9.17, 15) is 8.42 Å². The van der Waals surface area contributed by atoms with Gasteiger partial charge in [-0.3, -0.25) is 4.90 Å². The van der Waals surface area contributed by atoms with Crippen LogP contribution >= 0.6 is 0 Å². The van der Waals surface area contributed by atoms with E-state index in [1.165, 1.54) is 0 Å². The van der Waals surface area contributed by atoms with Crippen molar-refractivity contribution in [2.45, 2.75) is 46.6 Å². The maximum atomic E-state index is 12.3. The summed E-state index contributed by atoms with van der Waals surface area (Å²) in [5.74, 6) is 0.214. The number of nitrogens with zero attached hydrogens (tertiary/aromatic N) is 3. The van der Waals surface area contributed by atoms with Crippen molar-refractivity contribution in [1.29, 1.82) is 5.26 Å². The highest BCUT2D eigenvalue weighted by molar-refractivity contribution is 7.89. The van der Waals surface area contributed by atoms with Gasteiger partial charge in [0.25, 0.3) is 0 Å². The van der Waals surface area contributed by atoms with E-state index in [0.717, 1.165) is 6.42 Å². The lowest BCUT2D eigenvalue weighted by Gasteiger charge is -2.36. The highest BCUT2D eigenvalue weighted by Gasteiger charge is 2.30. The van der Waals surface area contributed by atoms with Crippen molar-refractivity contribution in [3.8, 4) is 6.07 Å². The Morgan fingerprint density at radius 3 is 2.15 bits per heavy atom. The van der Waals surface area contributed by atoms with Gasteiger partial charge in [-0.25, -0.2) is 8.42 Å². The molecule has 0 aliphatic carbocycles. The molecule has 0 radical (unpaired) electrons. The molecule has 1 unspecified atom stereocenters. The molecular formula is C14H27N3O2S. The maximum absolute atomic E-state index is 12.3. The van der Waals surface area contributed by atoms with Crippen molar-refractivity contribution in [3.05, 3.63) is 0 Å². The largest absolute Gasteiger partial charge is 0.285 e. The van der Waals surface area contributed by atoms with Crippen LogP contribution < -0.4 is 0 Å². The number of piperazine rings is 1. The van der Waals surface area contributed by atoms with Crippen molar-refractivity contribution >= 4 is 10.0 Å². The quantitative estimate of drug-likeness (QED) is 0.775. The first-order valence-corrected chi connectivity index (χ1v) is 8.92. The molecule has 0 aromatic rings. The van der Waals surface area contributed by atoms with Crippen LogP contribution in [0.1, 0.15) is 40.5 Å². The zero-order valence-electron chi connectivity index (χ0n) is 13.1. The first kappa shape index (κ1) is 17.4. The second-order valence-corrected chi connectivity index (χ2v) is 8.70. The lowest BCUT2D eigenvalue weighted by Crippen LogP contribution is -2.52. The number of sulfonamides is 1. The van der Waals surface area contributed by atoms with Crippen LogP contribution in [0, 0.1) is 16.7 Å². The van der Waals surface area contributed by atoms with Gasteiger partial charge in [0.2, 0.25) is 10.0 Å². The highest BCUT2D eigenvalue weighted by atomic mass is 32.2. The molecule has 0 bridgehead atoms. The minimum Gasteiger partial charge on any atom is -0.285 e. The highest BCUT2D eigenvalue weighted by Crippen LogP contribution is 2.21. The van der Waals surface area contributed by atoms with Crippen LogP contribution in [0.25, 0.3) is 0 Å². The first-order chi connectivity index (χ1) is 9.19. The predicted octanol–water partition coefficient (Wildman–Crippen LogP) is 1.67. The summed E-state index contributed by atoms with van der Waals surface area (Å²) in [4.78, 5) is 2.08. The summed E-state index contributed by atoms with van der Waals surface area (Å²) in [6, 6.07) is 2.19. The van der Waals surface area contributed by atoms with Gasteiger partial charge in [-0.05, 0) is 18.3 Å². The van der Waals surface area contributed by atoms with Gasteiger partial charge >= 0.3 is 0 Å². The van der Waals surface area contributed by atoms with Crippen molar-refractivity contribution in [1.82, 2.24) is 9.21 Å². The van der Waals surface area contributed by atoms with Crippen molar-refractivity contribution in [2.75, 3.05) is 31.9 Å². The molecule has 0 saturated carbocycles. The zero-order chi connectivity index (χ0) is 15.4. The van der Waals surface area contributed by atoms with Gasteiger partial charge in [0.1, 0.15) is 0 Å². The molecule has 1 rings (SSSR count). The first-order valence-electron chi connectivity index (χ1n) is 7.31. The molecule has 116 valence electrons. The fourth-order valence-electron chi connectivity index (χ4n) is 2.29. The van der Waals surface area contributed by atoms with Gasteiger partial charge in [-0.15, -0.1) is 0 Å². The molecule has 1 aliphatic rings. The Balaban J connectivity index is 2.54. The summed E-state index contributed by atoms with van der Waals surface area (Å²) in [5.41, 5.74) is 0.0308. The second-order valence-electron chi connectivity index (χ2n) is 6.61. The van der Waals surface area contributed by atoms with Crippen molar-refractivity contribution in [3.63, 3.8) is 0 Å².